The van der Waals surface area contributed by atoms with Crippen LogP contribution in [0.3, 0.4) is 0 Å². The van der Waals surface area contributed by atoms with Crippen molar-refractivity contribution in [3.8, 4) is 0 Å². The molecule has 0 heterocycles. The highest BCUT2D eigenvalue weighted by Crippen LogP contribution is 2.16. The SMILES string of the molecule is CCNC(=NCC(O)Cc1ccccc1)NC(C)c1ccccc1C. The van der Waals surface area contributed by atoms with Gasteiger partial charge in [-0.05, 0) is 37.5 Å². The minimum absolute atomic E-state index is 0.144. The maximum absolute atomic E-state index is 10.3. The first kappa shape index (κ1) is 19.0. The molecule has 0 aliphatic rings. The molecule has 25 heavy (non-hydrogen) atoms. The molecule has 3 N–H and O–H groups in total. The Bertz CT molecular complexity index is 670. The van der Waals surface area contributed by atoms with E-state index in [2.05, 4.69) is 41.6 Å². The van der Waals surface area contributed by atoms with Gasteiger partial charge in [-0.3, -0.25) is 4.99 Å². The van der Waals surface area contributed by atoms with Gasteiger partial charge in [-0.2, -0.15) is 0 Å². The fourth-order valence-corrected chi connectivity index (χ4v) is 2.82. The van der Waals surface area contributed by atoms with E-state index in [-0.39, 0.29) is 6.04 Å². The van der Waals surface area contributed by atoms with E-state index in [9.17, 15) is 5.11 Å². The van der Waals surface area contributed by atoms with Gasteiger partial charge in [0.15, 0.2) is 5.96 Å². The van der Waals surface area contributed by atoms with Gasteiger partial charge in [-0.1, -0.05) is 54.6 Å². The molecular formula is C21H29N3O. The van der Waals surface area contributed by atoms with E-state index in [4.69, 9.17) is 0 Å². The molecule has 2 unspecified atom stereocenters. The second-order valence-corrected chi connectivity index (χ2v) is 6.29. The van der Waals surface area contributed by atoms with Gasteiger partial charge in [-0.25, -0.2) is 0 Å². The van der Waals surface area contributed by atoms with Crippen LogP contribution in [-0.2, 0) is 6.42 Å². The Balaban J connectivity index is 1.96. The Morgan fingerprint density at radius 3 is 2.44 bits per heavy atom. The number of aryl methyl sites for hydroxylation is 1. The molecule has 0 aromatic heterocycles. The third-order valence-corrected chi connectivity index (χ3v) is 4.13. The molecule has 0 aliphatic heterocycles. The van der Waals surface area contributed by atoms with E-state index >= 15 is 0 Å². The Morgan fingerprint density at radius 1 is 1.08 bits per heavy atom. The van der Waals surface area contributed by atoms with Gasteiger partial charge >= 0.3 is 0 Å². The van der Waals surface area contributed by atoms with Crippen molar-refractivity contribution in [3.63, 3.8) is 0 Å². The molecule has 4 nitrogen and oxygen atoms in total. The third kappa shape index (κ3) is 6.24. The highest BCUT2D eigenvalue weighted by atomic mass is 16.3. The van der Waals surface area contributed by atoms with E-state index < -0.39 is 6.10 Å². The molecule has 0 radical (unpaired) electrons. The summed E-state index contributed by atoms with van der Waals surface area (Å²) < 4.78 is 0. The zero-order valence-electron chi connectivity index (χ0n) is 15.4. The number of nitrogens with zero attached hydrogens (tertiary/aromatic N) is 1. The molecular weight excluding hydrogens is 310 g/mol. The smallest absolute Gasteiger partial charge is 0.191 e. The number of benzene rings is 2. The lowest BCUT2D eigenvalue weighted by Gasteiger charge is -2.20. The number of aliphatic imine (C=N–C) groups is 1. The van der Waals surface area contributed by atoms with E-state index in [1.807, 2.05) is 49.4 Å². The van der Waals surface area contributed by atoms with Crippen molar-refractivity contribution in [1.29, 1.82) is 0 Å². The minimum atomic E-state index is -0.494. The van der Waals surface area contributed by atoms with E-state index in [0.29, 0.717) is 13.0 Å². The van der Waals surface area contributed by atoms with Gasteiger partial charge in [0.1, 0.15) is 0 Å². The number of aliphatic hydroxyl groups excluding tert-OH is 1. The standard InChI is InChI=1S/C21H29N3O/c1-4-22-21(24-17(3)20-13-9-8-10-16(20)2)23-15-19(25)14-18-11-6-5-7-12-18/h5-13,17,19,25H,4,14-15H2,1-3H3,(H2,22,23,24). The van der Waals surface area contributed by atoms with Crippen molar-refractivity contribution in [2.75, 3.05) is 13.1 Å². The quantitative estimate of drug-likeness (QED) is 0.536. The monoisotopic (exact) mass is 339 g/mol. The Labute approximate surface area is 151 Å². The molecule has 2 aromatic rings. The molecule has 0 amide bonds. The largest absolute Gasteiger partial charge is 0.391 e. The van der Waals surface area contributed by atoms with Crippen molar-refractivity contribution < 1.29 is 5.11 Å². The highest BCUT2D eigenvalue weighted by Gasteiger charge is 2.11. The maximum Gasteiger partial charge on any atom is 0.191 e. The van der Waals surface area contributed by atoms with Gasteiger partial charge < -0.3 is 15.7 Å². The third-order valence-electron chi connectivity index (χ3n) is 4.13. The van der Waals surface area contributed by atoms with Crippen molar-refractivity contribution in [3.05, 3.63) is 71.3 Å². The van der Waals surface area contributed by atoms with Crippen LogP contribution >= 0.6 is 0 Å². The highest BCUT2D eigenvalue weighted by molar-refractivity contribution is 5.80. The second-order valence-electron chi connectivity index (χ2n) is 6.29. The zero-order chi connectivity index (χ0) is 18.1. The predicted octanol–water partition coefficient (Wildman–Crippen LogP) is 3.21. The molecule has 0 aliphatic carbocycles. The fourth-order valence-electron chi connectivity index (χ4n) is 2.82. The Morgan fingerprint density at radius 2 is 1.76 bits per heavy atom. The van der Waals surface area contributed by atoms with Crippen LogP contribution in [-0.4, -0.2) is 30.3 Å². The molecule has 134 valence electrons. The molecule has 0 saturated carbocycles. The summed E-state index contributed by atoms with van der Waals surface area (Å²) in [4.78, 5) is 4.55. The van der Waals surface area contributed by atoms with E-state index in [0.717, 1.165) is 18.1 Å². The number of aliphatic hydroxyl groups is 1. The van der Waals surface area contributed by atoms with Crippen LogP contribution in [0, 0.1) is 6.92 Å². The molecule has 0 spiro atoms. The first-order valence-corrected chi connectivity index (χ1v) is 8.92. The maximum atomic E-state index is 10.3. The summed E-state index contributed by atoms with van der Waals surface area (Å²) in [5.41, 5.74) is 3.62. The predicted molar refractivity (Wildman–Crippen MR) is 105 cm³/mol. The van der Waals surface area contributed by atoms with E-state index in [1.165, 1.54) is 11.1 Å². The average Bonchev–Trinajstić information content (AvgIpc) is 2.61. The summed E-state index contributed by atoms with van der Waals surface area (Å²) in [5.74, 6) is 0.727. The summed E-state index contributed by atoms with van der Waals surface area (Å²) >= 11 is 0. The summed E-state index contributed by atoms with van der Waals surface area (Å²) in [6.45, 7) is 7.42. The second kappa shape index (κ2) is 9.84. The van der Waals surface area contributed by atoms with Gasteiger partial charge in [-0.15, -0.1) is 0 Å². The van der Waals surface area contributed by atoms with Crippen LogP contribution in [0.25, 0.3) is 0 Å². The lowest BCUT2D eigenvalue weighted by Crippen LogP contribution is -2.39. The molecule has 2 rings (SSSR count). The number of guanidine groups is 1. The fraction of sp³-hybridized carbons (Fsp3) is 0.381. The number of hydrogen-bond acceptors (Lipinski definition) is 2. The normalized spacial score (nSPS) is 14.0. The van der Waals surface area contributed by atoms with Crippen LogP contribution in [0.1, 0.15) is 36.6 Å². The molecule has 4 heteroatoms. The lowest BCUT2D eigenvalue weighted by molar-refractivity contribution is 0.183. The minimum Gasteiger partial charge on any atom is -0.391 e. The summed E-state index contributed by atoms with van der Waals surface area (Å²) in [6, 6.07) is 18.5. The summed E-state index contributed by atoms with van der Waals surface area (Å²) in [6.07, 6.45) is 0.114. The lowest BCUT2D eigenvalue weighted by atomic mass is 10.0. The van der Waals surface area contributed by atoms with Crippen LogP contribution in [0.15, 0.2) is 59.6 Å². The molecule has 2 aromatic carbocycles. The van der Waals surface area contributed by atoms with Crippen molar-refractivity contribution in [2.45, 2.75) is 39.3 Å². The van der Waals surface area contributed by atoms with Gasteiger partial charge in [0.25, 0.3) is 0 Å². The van der Waals surface area contributed by atoms with Crippen molar-refractivity contribution >= 4 is 5.96 Å². The number of hydrogen-bond donors (Lipinski definition) is 3. The summed E-state index contributed by atoms with van der Waals surface area (Å²) in [5, 5.41) is 16.9. The zero-order valence-corrected chi connectivity index (χ0v) is 15.4. The topological polar surface area (TPSA) is 56.7 Å². The van der Waals surface area contributed by atoms with Crippen LogP contribution in [0.5, 0.6) is 0 Å². The average molecular weight is 339 g/mol. The van der Waals surface area contributed by atoms with Crippen molar-refractivity contribution in [2.24, 2.45) is 4.99 Å². The summed E-state index contributed by atoms with van der Waals surface area (Å²) in [7, 11) is 0. The van der Waals surface area contributed by atoms with Crippen LogP contribution in [0.2, 0.25) is 0 Å². The van der Waals surface area contributed by atoms with Gasteiger partial charge in [0, 0.05) is 13.0 Å². The van der Waals surface area contributed by atoms with Crippen LogP contribution in [0.4, 0.5) is 0 Å². The number of rotatable bonds is 7. The number of nitrogens with one attached hydrogen (secondary N) is 2. The molecule has 0 fully saturated rings. The Hall–Kier alpha value is -2.33. The van der Waals surface area contributed by atoms with Crippen LogP contribution < -0.4 is 10.6 Å². The molecule has 0 saturated heterocycles. The van der Waals surface area contributed by atoms with Gasteiger partial charge in [0.2, 0.25) is 0 Å². The first-order chi connectivity index (χ1) is 12.1. The molecule has 0 bridgehead atoms. The first-order valence-electron chi connectivity index (χ1n) is 8.92. The molecule has 2 atom stereocenters. The van der Waals surface area contributed by atoms with Gasteiger partial charge in [0.05, 0.1) is 18.7 Å². The van der Waals surface area contributed by atoms with Crippen molar-refractivity contribution in [1.82, 2.24) is 10.6 Å². The Kier molecular flexibility index (Phi) is 7.48. The van der Waals surface area contributed by atoms with E-state index in [1.54, 1.807) is 0 Å².